The van der Waals surface area contributed by atoms with Crippen LogP contribution >= 0.6 is 0 Å². The zero-order valence-electron chi connectivity index (χ0n) is 29.5. The van der Waals surface area contributed by atoms with E-state index in [-0.39, 0.29) is 5.75 Å². The molecule has 0 radical (unpaired) electrons. The van der Waals surface area contributed by atoms with Crippen LogP contribution in [0.25, 0.3) is 43.1 Å². The van der Waals surface area contributed by atoms with Gasteiger partial charge >= 0.3 is 0 Å². The molecule has 0 atom stereocenters. The van der Waals surface area contributed by atoms with Crippen LogP contribution < -0.4 is 9.47 Å². The normalized spacial score (nSPS) is 12.8. The molecule has 4 nitrogen and oxygen atoms in total. The molecular weight excluding hydrogens is 641 g/mol. The Hall–Kier alpha value is -6.00. The van der Waals surface area contributed by atoms with Gasteiger partial charge in [-0.25, -0.2) is 0 Å². The van der Waals surface area contributed by atoms with E-state index in [1.807, 2.05) is 26.0 Å². The number of hydrogen-bond donors (Lipinski definition) is 2. The number of benzene rings is 8. The Morgan fingerprint density at radius 3 is 1.38 bits per heavy atom. The molecule has 256 valence electrons. The van der Waals surface area contributed by atoms with Crippen molar-refractivity contribution in [1.82, 2.24) is 0 Å². The van der Waals surface area contributed by atoms with E-state index in [9.17, 15) is 10.2 Å². The van der Waals surface area contributed by atoms with E-state index in [0.29, 0.717) is 44.6 Å². The minimum Gasteiger partial charge on any atom is -0.508 e. The van der Waals surface area contributed by atoms with Gasteiger partial charge in [-0.1, -0.05) is 97.1 Å². The lowest BCUT2D eigenvalue weighted by Crippen LogP contribution is -2.05. The second-order valence-corrected chi connectivity index (χ2v) is 13.9. The Kier molecular flexibility index (Phi) is 7.96. The molecule has 4 heteroatoms. The molecule has 8 aromatic carbocycles. The minimum absolute atomic E-state index is 0.268. The maximum Gasteiger partial charge on any atom is 0.126 e. The van der Waals surface area contributed by atoms with Gasteiger partial charge in [-0.15, -0.1) is 0 Å². The van der Waals surface area contributed by atoms with Gasteiger partial charge in [-0.05, 0) is 103 Å². The molecule has 0 saturated carbocycles. The first-order valence-corrected chi connectivity index (χ1v) is 18.3. The van der Waals surface area contributed by atoms with Crippen LogP contribution in [-0.2, 0) is 25.7 Å². The van der Waals surface area contributed by atoms with Crippen molar-refractivity contribution in [2.75, 3.05) is 13.2 Å². The van der Waals surface area contributed by atoms with Crippen molar-refractivity contribution in [2.24, 2.45) is 0 Å². The standard InChI is InChI=1S/C48H40O4/c1-3-51-47-34-22-30-14-7-10-18-38(30)44(47)28-42-36-16-8-5-13-29(36)21-33(46(42)50)25-35-23-31-15-6-9-17-37(31)43(48(35)52-4-2)27-41-40-20-12-11-19-39(40)32(24-34)26-45(41)49/h5-23,26,49-50H,3-4,24-25,27-28H2,1-2H3. The minimum atomic E-state index is 0.268. The van der Waals surface area contributed by atoms with E-state index in [2.05, 4.69) is 109 Å². The van der Waals surface area contributed by atoms with Gasteiger partial charge in [-0.2, -0.15) is 0 Å². The van der Waals surface area contributed by atoms with Crippen molar-refractivity contribution in [3.63, 3.8) is 0 Å². The number of phenolic OH excluding ortho intramolecular Hbond substituents is 2. The van der Waals surface area contributed by atoms with E-state index in [0.717, 1.165) is 99.1 Å². The Labute approximate surface area is 303 Å². The van der Waals surface area contributed by atoms with Gasteiger partial charge < -0.3 is 19.7 Å². The predicted molar refractivity (Wildman–Crippen MR) is 213 cm³/mol. The summed E-state index contributed by atoms with van der Waals surface area (Å²) in [5.41, 5.74) is 7.75. The second kappa shape index (κ2) is 13.0. The molecule has 8 aromatic rings. The molecule has 2 N–H and O–H groups in total. The first-order chi connectivity index (χ1) is 25.5. The zero-order valence-corrected chi connectivity index (χ0v) is 29.5. The lowest BCUT2D eigenvalue weighted by molar-refractivity contribution is 0.334. The lowest BCUT2D eigenvalue weighted by atomic mass is 9.87. The monoisotopic (exact) mass is 680 g/mol. The molecule has 2 aliphatic rings. The predicted octanol–water partition coefficient (Wildman–Crippen LogP) is 11.2. The van der Waals surface area contributed by atoms with Gasteiger partial charge in [0.25, 0.3) is 0 Å². The molecule has 8 bridgehead atoms. The van der Waals surface area contributed by atoms with Crippen LogP contribution in [0.1, 0.15) is 58.4 Å². The van der Waals surface area contributed by atoms with Crippen molar-refractivity contribution in [1.29, 1.82) is 0 Å². The zero-order chi connectivity index (χ0) is 35.3. The van der Waals surface area contributed by atoms with E-state index < -0.39 is 0 Å². The quantitative estimate of drug-likeness (QED) is 0.194. The topological polar surface area (TPSA) is 58.9 Å². The molecule has 52 heavy (non-hydrogen) atoms. The molecule has 0 fully saturated rings. The summed E-state index contributed by atoms with van der Waals surface area (Å²) >= 11 is 0. The fraction of sp³-hybridized carbons (Fsp3) is 0.167. The molecule has 0 unspecified atom stereocenters. The molecule has 0 saturated heterocycles. The Morgan fingerprint density at radius 2 is 0.846 bits per heavy atom. The van der Waals surface area contributed by atoms with Crippen molar-refractivity contribution in [3.05, 3.63) is 166 Å². The van der Waals surface area contributed by atoms with Gasteiger partial charge in [0.1, 0.15) is 23.0 Å². The molecule has 0 aromatic heterocycles. The average Bonchev–Trinajstić information content (AvgIpc) is 3.16. The van der Waals surface area contributed by atoms with E-state index >= 15 is 0 Å². The summed E-state index contributed by atoms with van der Waals surface area (Å²) in [4.78, 5) is 0. The lowest BCUT2D eigenvalue weighted by Gasteiger charge is -2.21. The molecule has 0 aliphatic heterocycles. The van der Waals surface area contributed by atoms with Crippen molar-refractivity contribution in [3.8, 4) is 23.0 Å². The first-order valence-electron chi connectivity index (χ1n) is 18.3. The summed E-state index contributed by atoms with van der Waals surface area (Å²) in [5.74, 6) is 2.21. The third-order valence-corrected chi connectivity index (χ3v) is 10.8. The van der Waals surface area contributed by atoms with Crippen LogP contribution in [0.2, 0.25) is 0 Å². The maximum atomic E-state index is 12.4. The summed E-state index contributed by atoms with van der Waals surface area (Å²) in [6.45, 7) is 5.02. The molecule has 2 aliphatic carbocycles. The third-order valence-electron chi connectivity index (χ3n) is 10.8. The van der Waals surface area contributed by atoms with Gasteiger partial charge in [0, 0.05) is 47.9 Å². The summed E-state index contributed by atoms with van der Waals surface area (Å²) in [6, 6.07) is 42.1. The maximum absolute atomic E-state index is 12.4. The number of ether oxygens (including phenoxy) is 2. The van der Waals surface area contributed by atoms with E-state index in [4.69, 9.17) is 9.47 Å². The van der Waals surface area contributed by atoms with Crippen LogP contribution in [0.3, 0.4) is 0 Å². The van der Waals surface area contributed by atoms with Gasteiger partial charge in [-0.3, -0.25) is 0 Å². The SMILES string of the molecule is CCOc1c2cc3ccccc3c1Cc1c(O)c(cc3ccccc13)Cc1cc3ccccc3c(c1OCC)Cc1c(O)cc(c3ccccc13)C2. The van der Waals surface area contributed by atoms with Gasteiger partial charge in [0.05, 0.1) is 13.2 Å². The molecule has 0 spiro atoms. The van der Waals surface area contributed by atoms with E-state index in [1.165, 1.54) is 0 Å². The summed E-state index contributed by atoms with van der Waals surface area (Å²) in [5, 5.41) is 33.0. The van der Waals surface area contributed by atoms with Crippen LogP contribution in [0.4, 0.5) is 0 Å². The summed E-state index contributed by atoms with van der Waals surface area (Å²) < 4.78 is 13.2. The fourth-order valence-electron chi connectivity index (χ4n) is 8.58. The third kappa shape index (κ3) is 5.29. The highest BCUT2D eigenvalue weighted by atomic mass is 16.5. The largest absolute Gasteiger partial charge is 0.508 e. The van der Waals surface area contributed by atoms with Crippen LogP contribution in [-0.4, -0.2) is 23.4 Å². The number of hydrogen-bond acceptors (Lipinski definition) is 4. The highest BCUT2D eigenvalue weighted by Gasteiger charge is 2.25. The molecular formula is C48H40O4. The van der Waals surface area contributed by atoms with Crippen molar-refractivity contribution < 1.29 is 19.7 Å². The highest BCUT2D eigenvalue weighted by Crippen LogP contribution is 2.44. The molecule has 0 amide bonds. The number of phenols is 2. The average molecular weight is 681 g/mol. The number of rotatable bonds is 4. The Balaban J connectivity index is 1.42. The second-order valence-electron chi connectivity index (χ2n) is 13.9. The molecule has 10 rings (SSSR count). The van der Waals surface area contributed by atoms with Crippen molar-refractivity contribution >= 4 is 43.1 Å². The highest BCUT2D eigenvalue weighted by molar-refractivity contribution is 5.96. The fourth-order valence-corrected chi connectivity index (χ4v) is 8.58. The summed E-state index contributed by atoms with van der Waals surface area (Å²) in [7, 11) is 0. The number of fused-ring (bicyclic) bond motifs is 4. The van der Waals surface area contributed by atoms with Crippen LogP contribution in [0.15, 0.2) is 121 Å². The first kappa shape index (κ1) is 31.9. The van der Waals surface area contributed by atoms with Crippen LogP contribution in [0, 0.1) is 0 Å². The van der Waals surface area contributed by atoms with Crippen molar-refractivity contribution in [2.45, 2.75) is 39.5 Å². The smallest absolute Gasteiger partial charge is 0.126 e. The Morgan fingerprint density at radius 1 is 0.423 bits per heavy atom. The van der Waals surface area contributed by atoms with Gasteiger partial charge in [0.2, 0.25) is 0 Å². The Bertz CT molecular complexity index is 2690. The summed E-state index contributed by atoms with van der Waals surface area (Å²) in [6.07, 6.45) is 2.00. The van der Waals surface area contributed by atoms with E-state index in [1.54, 1.807) is 0 Å². The molecule has 0 heterocycles. The van der Waals surface area contributed by atoms with Gasteiger partial charge in [0.15, 0.2) is 0 Å². The number of aromatic hydroxyl groups is 2. The van der Waals surface area contributed by atoms with Crippen LogP contribution in [0.5, 0.6) is 23.0 Å².